The molecule has 2 N–H and O–H groups in total. The molecule has 0 saturated carbocycles. The highest BCUT2D eigenvalue weighted by atomic mass is 16.4. The number of hydrogen-bond acceptors (Lipinski definition) is 4. The van der Waals surface area contributed by atoms with Gasteiger partial charge in [0.1, 0.15) is 6.04 Å². The SMILES string of the molecule is CCN1CCN(CCC(=O)NC(C)C(=O)O)CC1. The standard InChI is InChI=1S/C12H23N3O3/c1-3-14-6-8-15(9-7-14)5-4-11(16)13-10(2)12(17)18/h10H,3-9H2,1-2H3,(H,13,16)(H,17,18). The van der Waals surface area contributed by atoms with Crippen molar-refractivity contribution < 1.29 is 14.7 Å². The van der Waals surface area contributed by atoms with E-state index in [-0.39, 0.29) is 5.91 Å². The van der Waals surface area contributed by atoms with Crippen LogP contribution in [0.4, 0.5) is 0 Å². The normalized spacial score (nSPS) is 19.4. The van der Waals surface area contributed by atoms with E-state index in [1.807, 2.05) is 0 Å². The molecule has 0 spiro atoms. The molecule has 1 aliphatic heterocycles. The van der Waals surface area contributed by atoms with Crippen LogP contribution in [0.3, 0.4) is 0 Å². The van der Waals surface area contributed by atoms with Crippen LogP contribution in [0.25, 0.3) is 0 Å². The van der Waals surface area contributed by atoms with Gasteiger partial charge in [0.05, 0.1) is 0 Å². The van der Waals surface area contributed by atoms with Crippen molar-refractivity contribution in [2.75, 3.05) is 39.3 Å². The number of carbonyl (C=O) groups excluding carboxylic acids is 1. The maximum absolute atomic E-state index is 11.5. The summed E-state index contributed by atoms with van der Waals surface area (Å²) in [5, 5.41) is 11.1. The van der Waals surface area contributed by atoms with Gasteiger partial charge in [-0.25, -0.2) is 0 Å². The summed E-state index contributed by atoms with van der Waals surface area (Å²) in [5.74, 6) is -1.19. The van der Waals surface area contributed by atoms with Crippen LogP contribution < -0.4 is 5.32 Å². The van der Waals surface area contributed by atoms with E-state index in [0.717, 1.165) is 32.7 Å². The van der Waals surface area contributed by atoms with E-state index in [0.29, 0.717) is 13.0 Å². The van der Waals surface area contributed by atoms with E-state index in [1.54, 1.807) is 0 Å². The number of carbonyl (C=O) groups is 2. The summed E-state index contributed by atoms with van der Waals surface area (Å²) in [4.78, 5) is 26.7. The van der Waals surface area contributed by atoms with E-state index < -0.39 is 12.0 Å². The summed E-state index contributed by atoms with van der Waals surface area (Å²) in [6.45, 7) is 9.45. The number of nitrogens with one attached hydrogen (secondary N) is 1. The van der Waals surface area contributed by atoms with Gasteiger partial charge in [0.25, 0.3) is 0 Å². The van der Waals surface area contributed by atoms with Gasteiger partial charge in [-0.1, -0.05) is 6.92 Å². The highest BCUT2D eigenvalue weighted by Gasteiger charge is 2.17. The number of amides is 1. The molecule has 104 valence electrons. The summed E-state index contributed by atoms with van der Waals surface area (Å²) >= 11 is 0. The zero-order chi connectivity index (χ0) is 13.5. The Morgan fingerprint density at radius 2 is 1.78 bits per heavy atom. The van der Waals surface area contributed by atoms with Gasteiger partial charge in [0.15, 0.2) is 0 Å². The molecule has 0 bridgehead atoms. The number of aliphatic carboxylic acids is 1. The van der Waals surface area contributed by atoms with Crippen LogP contribution in [0, 0.1) is 0 Å². The molecule has 0 aromatic carbocycles. The Morgan fingerprint density at radius 1 is 1.22 bits per heavy atom. The number of carboxylic acids is 1. The van der Waals surface area contributed by atoms with Crippen molar-refractivity contribution in [3.8, 4) is 0 Å². The number of likely N-dealkylation sites (N-methyl/N-ethyl adjacent to an activating group) is 1. The van der Waals surface area contributed by atoms with Gasteiger partial charge in [-0.3, -0.25) is 9.59 Å². The second-order valence-corrected chi connectivity index (χ2v) is 4.65. The topological polar surface area (TPSA) is 72.9 Å². The molecular weight excluding hydrogens is 234 g/mol. The molecule has 0 radical (unpaired) electrons. The number of nitrogens with zero attached hydrogens (tertiary/aromatic N) is 2. The predicted molar refractivity (Wildman–Crippen MR) is 68.4 cm³/mol. The Morgan fingerprint density at radius 3 is 2.28 bits per heavy atom. The first kappa shape index (κ1) is 14.9. The Balaban J connectivity index is 2.17. The number of piperazine rings is 1. The lowest BCUT2D eigenvalue weighted by atomic mass is 10.2. The van der Waals surface area contributed by atoms with Crippen molar-refractivity contribution in [3.63, 3.8) is 0 Å². The summed E-state index contributed by atoms with van der Waals surface area (Å²) < 4.78 is 0. The van der Waals surface area contributed by atoms with Crippen LogP contribution in [-0.2, 0) is 9.59 Å². The summed E-state index contributed by atoms with van der Waals surface area (Å²) in [6.07, 6.45) is 0.365. The van der Waals surface area contributed by atoms with Gasteiger partial charge in [-0.05, 0) is 13.5 Å². The zero-order valence-corrected chi connectivity index (χ0v) is 11.2. The second kappa shape index (κ2) is 7.33. The molecule has 1 aliphatic rings. The molecule has 0 aromatic rings. The first-order chi connectivity index (χ1) is 8.52. The van der Waals surface area contributed by atoms with Gasteiger partial charge >= 0.3 is 5.97 Å². The summed E-state index contributed by atoms with van der Waals surface area (Å²) in [6, 6.07) is -0.811. The van der Waals surface area contributed by atoms with Crippen LogP contribution in [0.5, 0.6) is 0 Å². The first-order valence-electron chi connectivity index (χ1n) is 6.49. The third-order valence-electron chi connectivity index (χ3n) is 3.32. The Kier molecular flexibility index (Phi) is 6.07. The molecule has 6 heteroatoms. The Labute approximate surface area is 108 Å². The van der Waals surface area contributed by atoms with Crippen LogP contribution in [0.2, 0.25) is 0 Å². The first-order valence-corrected chi connectivity index (χ1v) is 6.49. The molecule has 1 atom stereocenters. The molecule has 6 nitrogen and oxygen atoms in total. The van der Waals surface area contributed by atoms with Crippen LogP contribution in [0.1, 0.15) is 20.3 Å². The quantitative estimate of drug-likeness (QED) is 0.677. The molecule has 1 amide bonds. The fourth-order valence-corrected chi connectivity index (χ4v) is 1.96. The van der Waals surface area contributed by atoms with Crippen LogP contribution >= 0.6 is 0 Å². The number of carboxylic acid groups (broad SMARTS) is 1. The fourth-order valence-electron chi connectivity index (χ4n) is 1.96. The van der Waals surface area contributed by atoms with E-state index in [4.69, 9.17) is 5.11 Å². The lowest BCUT2D eigenvalue weighted by Gasteiger charge is -2.33. The van der Waals surface area contributed by atoms with Gasteiger partial charge in [-0.2, -0.15) is 0 Å². The largest absolute Gasteiger partial charge is 0.480 e. The van der Waals surface area contributed by atoms with E-state index in [1.165, 1.54) is 6.92 Å². The van der Waals surface area contributed by atoms with Gasteiger partial charge in [0.2, 0.25) is 5.91 Å². The zero-order valence-electron chi connectivity index (χ0n) is 11.2. The fraction of sp³-hybridized carbons (Fsp3) is 0.833. The molecule has 0 aromatic heterocycles. The van der Waals surface area contributed by atoms with Crippen molar-refractivity contribution in [2.45, 2.75) is 26.3 Å². The molecule has 1 heterocycles. The maximum Gasteiger partial charge on any atom is 0.325 e. The molecular formula is C12H23N3O3. The van der Waals surface area contributed by atoms with Crippen molar-refractivity contribution in [3.05, 3.63) is 0 Å². The summed E-state index contributed by atoms with van der Waals surface area (Å²) in [5.41, 5.74) is 0. The Bertz CT molecular complexity index is 288. The van der Waals surface area contributed by atoms with Crippen LogP contribution in [-0.4, -0.2) is 72.1 Å². The monoisotopic (exact) mass is 257 g/mol. The number of hydrogen-bond donors (Lipinski definition) is 2. The average Bonchev–Trinajstić information content (AvgIpc) is 2.36. The predicted octanol–water partition coefficient (Wildman–Crippen LogP) is -0.397. The lowest BCUT2D eigenvalue weighted by molar-refractivity contribution is -0.141. The average molecular weight is 257 g/mol. The highest BCUT2D eigenvalue weighted by molar-refractivity contribution is 5.83. The lowest BCUT2D eigenvalue weighted by Crippen LogP contribution is -2.47. The molecule has 1 saturated heterocycles. The molecule has 1 rings (SSSR count). The van der Waals surface area contributed by atoms with Gasteiger partial charge < -0.3 is 20.2 Å². The minimum absolute atomic E-state index is 0.192. The maximum atomic E-state index is 11.5. The molecule has 18 heavy (non-hydrogen) atoms. The molecule has 1 unspecified atom stereocenters. The van der Waals surface area contributed by atoms with Crippen molar-refractivity contribution in [2.24, 2.45) is 0 Å². The molecule has 1 fully saturated rings. The minimum atomic E-state index is -1.00. The third-order valence-corrected chi connectivity index (χ3v) is 3.32. The summed E-state index contributed by atoms with van der Waals surface area (Å²) in [7, 11) is 0. The number of rotatable bonds is 6. The Hall–Kier alpha value is -1.14. The minimum Gasteiger partial charge on any atom is -0.480 e. The van der Waals surface area contributed by atoms with Crippen molar-refractivity contribution in [1.82, 2.24) is 15.1 Å². The second-order valence-electron chi connectivity index (χ2n) is 4.65. The third kappa shape index (κ3) is 5.01. The van der Waals surface area contributed by atoms with E-state index in [9.17, 15) is 9.59 Å². The van der Waals surface area contributed by atoms with E-state index in [2.05, 4.69) is 22.0 Å². The van der Waals surface area contributed by atoms with E-state index >= 15 is 0 Å². The highest BCUT2D eigenvalue weighted by Crippen LogP contribution is 2.01. The van der Waals surface area contributed by atoms with Gasteiger partial charge in [-0.15, -0.1) is 0 Å². The molecule has 0 aliphatic carbocycles. The van der Waals surface area contributed by atoms with Crippen LogP contribution in [0.15, 0.2) is 0 Å². The van der Waals surface area contributed by atoms with Crippen molar-refractivity contribution >= 4 is 11.9 Å². The smallest absolute Gasteiger partial charge is 0.325 e. The van der Waals surface area contributed by atoms with Crippen molar-refractivity contribution in [1.29, 1.82) is 0 Å². The van der Waals surface area contributed by atoms with Gasteiger partial charge in [0, 0.05) is 39.1 Å².